The number of hydrogen-bond acceptors (Lipinski definition) is 4. The van der Waals surface area contributed by atoms with Crippen molar-refractivity contribution in [1.29, 1.82) is 0 Å². The van der Waals surface area contributed by atoms with Crippen LogP contribution in [-0.4, -0.2) is 30.1 Å². The molecular formula is C26H23F2N3O4S. The molecule has 0 saturated heterocycles. The van der Waals surface area contributed by atoms with E-state index in [-0.39, 0.29) is 28.9 Å². The van der Waals surface area contributed by atoms with Crippen LogP contribution in [0, 0.1) is 17.6 Å². The van der Waals surface area contributed by atoms with Gasteiger partial charge in [0.05, 0.1) is 12.8 Å². The van der Waals surface area contributed by atoms with E-state index in [0.29, 0.717) is 22.7 Å². The summed E-state index contributed by atoms with van der Waals surface area (Å²) in [4.78, 5) is 28.8. The molecule has 2 heterocycles. The lowest BCUT2D eigenvalue weighted by Gasteiger charge is -2.13. The Labute approximate surface area is 205 Å². The molecule has 1 fully saturated rings. The summed E-state index contributed by atoms with van der Waals surface area (Å²) in [5.74, 6) is -1.69. The Morgan fingerprint density at radius 2 is 1.92 bits per heavy atom. The Balaban J connectivity index is 1.84. The molecule has 36 heavy (non-hydrogen) atoms. The van der Waals surface area contributed by atoms with Crippen molar-refractivity contribution >= 4 is 26.8 Å². The Kier molecular flexibility index (Phi) is 5.78. The van der Waals surface area contributed by atoms with Crippen molar-refractivity contribution in [3.8, 4) is 11.1 Å². The van der Waals surface area contributed by atoms with Gasteiger partial charge in [-0.15, -0.1) is 0 Å². The molecule has 10 heteroatoms. The van der Waals surface area contributed by atoms with Gasteiger partial charge in [0, 0.05) is 39.9 Å². The minimum atomic E-state index is -3.96. The van der Waals surface area contributed by atoms with Crippen molar-refractivity contribution in [2.75, 3.05) is 6.26 Å². The minimum absolute atomic E-state index is 0.0927. The van der Waals surface area contributed by atoms with Crippen LogP contribution in [0.5, 0.6) is 0 Å². The predicted octanol–water partition coefficient (Wildman–Crippen LogP) is 4.14. The SMILES string of the molecule is C[C@@H]1C[C@@H]1c1ccc2c(c1)c(-c1ccc[nH]c1=O)c(C(=O)NS(C)(=O)=O)n2Cc1ccc(F)cc1F. The second-order valence-electron chi connectivity index (χ2n) is 9.26. The van der Waals surface area contributed by atoms with Crippen molar-refractivity contribution in [2.45, 2.75) is 25.8 Å². The maximum atomic E-state index is 14.7. The molecule has 0 radical (unpaired) electrons. The number of amides is 1. The number of hydrogen-bond donors (Lipinski definition) is 2. The molecule has 0 bridgehead atoms. The van der Waals surface area contributed by atoms with E-state index >= 15 is 0 Å². The van der Waals surface area contributed by atoms with E-state index in [4.69, 9.17) is 0 Å². The van der Waals surface area contributed by atoms with Gasteiger partial charge in [-0.05, 0) is 54.2 Å². The molecule has 5 rings (SSSR count). The lowest BCUT2D eigenvalue weighted by Crippen LogP contribution is -2.32. The summed E-state index contributed by atoms with van der Waals surface area (Å²) in [5.41, 5.74) is 1.46. The molecule has 1 aliphatic carbocycles. The fourth-order valence-corrected chi connectivity index (χ4v) is 5.15. The maximum absolute atomic E-state index is 14.7. The van der Waals surface area contributed by atoms with E-state index in [2.05, 4.69) is 11.9 Å². The summed E-state index contributed by atoms with van der Waals surface area (Å²) in [6.07, 6.45) is 3.31. The zero-order chi connectivity index (χ0) is 25.8. The van der Waals surface area contributed by atoms with E-state index in [1.165, 1.54) is 16.8 Å². The lowest BCUT2D eigenvalue weighted by atomic mass is 10.00. The van der Waals surface area contributed by atoms with Crippen LogP contribution < -0.4 is 10.3 Å². The van der Waals surface area contributed by atoms with Crippen LogP contribution in [0.3, 0.4) is 0 Å². The van der Waals surface area contributed by atoms with E-state index < -0.39 is 33.1 Å². The smallest absolute Gasteiger partial charge is 0.282 e. The molecule has 1 amide bonds. The molecule has 0 unspecified atom stereocenters. The Morgan fingerprint density at radius 1 is 1.17 bits per heavy atom. The van der Waals surface area contributed by atoms with Gasteiger partial charge in [-0.3, -0.25) is 9.59 Å². The van der Waals surface area contributed by atoms with Crippen molar-refractivity contribution in [3.05, 3.63) is 93.5 Å². The first-order chi connectivity index (χ1) is 17.0. The highest BCUT2D eigenvalue weighted by molar-refractivity contribution is 7.89. The van der Waals surface area contributed by atoms with Crippen molar-refractivity contribution in [3.63, 3.8) is 0 Å². The summed E-state index contributed by atoms with van der Waals surface area (Å²) < 4.78 is 55.6. The van der Waals surface area contributed by atoms with Gasteiger partial charge in [0.15, 0.2) is 0 Å². The first-order valence-electron chi connectivity index (χ1n) is 11.3. The third-order valence-corrected chi connectivity index (χ3v) is 7.11. The molecule has 2 atom stereocenters. The summed E-state index contributed by atoms with van der Waals surface area (Å²) in [7, 11) is -3.96. The van der Waals surface area contributed by atoms with Gasteiger partial charge in [0.25, 0.3) is 11.5 Å². The third kappa shape index (κ3) is 4.44. The monoisotopic (exact) mass is 511 g/mol. The zero-order valence-corrected chi connectivity index (χ0v) is 20.3. The molecular weight excluding hydrogens is 488 g/mol. The number of nitrogens with one attached hydrogen (secondary N) is 2. The summed E-state index contributed by atoms with van der Waals surface area (Å²) in [6.45, 7) is 1.93. The molecule has 2 aromatic carbocycles. The number of benzene rings is 2. The summed E-state index contributed by atoms with van der Waals surface area (Å²) >= 11 is 0. The largest absolute Gasteiger partial charge is 0.331 e. The average Bonchev–Trinajstić information content (AvgIpc) is 3.44. The Bertz CT molecular complexity index is 1690. The zero-order valence-electron chi connectivity index (χ0n) is 19.5. The highest BCUT2D eigenvalue weighted by atomic mass is 32.2. The van der Waals surface area contributed by atoms with Gasteiger partial charge in [0.2, 0.25) is 10.0 Å². The van der Waals surface area contributed by atoms with Gasteiger partial charge in [-0.1, -0.05) is 19.1 Å². The average molecular weight is 512 g/mol. The van der Waals surface area contributed by atoms with Crippen LogP contribution in [0.1, 0.15) is 40.9 Å². The molecule has 7 nitrogen and oxygen atoms in total. The highest BCUT2D eigenvalue weighted by Crippen LogP contribution is 2.48. The second kappa shape index (κ2) is 8.70. The molecule has 1 saturated carbocycles. The van der Waals surface area contributed by atoms with Crippen LogP contribution in [0.15, 0.2) is 59.5 Å². The number of carbonyl (C=O) groups is 1. The number of rotatable bonds is 6. The number of pyridine rings is 1. The van der Waals surface area contributed by atoms with E-state index in [1.54, 1.807) is 18.2 Å². The topological polar surface area (TPSA) is 101 Å². The van der Waals surface area contributed by atoms with Gasteiger partial charge in [-0.2, -0.15) is 0 Å². The molecule has 0 aliphatic heterocycles. The molecule has 4 aromatic rings. The van der Waals surface area contributed by atoms with E-state index in [9.17, 15) is 26.8 Å². The van der Waals surface area contributed by atoms with Crippen LogP contribution >= 0.6 is 0 Å². The number of H-pyrrole nitrogens is 1. The number of sulfonamides is 1. The van der Waals surface area contributed by atoms with Crippen molar-refractivity contribution in [2.24, 2.45) is 5.92 Å². The number of fused-ring (bicyclic) bond motifs is 1. The summed E-state index contributed by atoms with van der Waals surface area (Å²) in [5, 5.41) is 0.560. The standard InChI is InChI=1S/C26H23F2N3O4S/c1-14-10-19(14)15-6-8-22-20(11-15)23(18-4-3-9-29-25(18)32)24(26(33)30-36(2,34)35)31(22)13-16-5-7-17(27)12-21(16)28/h3-9,11-12,14,19H,10,13H2,1-2H3,(H,29,32)(H,30,33)/t14-,19+/m1/s1. The highest BCUT2D eigenvalue weighted by Gasteiger charge is 2.35. The number of halogens is 2. The minimum Gasteiger partial charge on any atom is -0.331 e. The molecule has 186 valence electrons. The number of nitrogens with zero attached hydrogens (tertiary/aromatic N) is 1. The lowest BCUT2D eigenvalue weighted by molar-refractivity contribution is 0.0974. The Hall–Kier alpha value is -3.79. The van der Waals surface area contributed by atoms with Crippen molar-refractivity contribution in [1.82, 2.24) is 14.3 Å². The molecule has 0 spiro atoms. The molecule has 2 aromatic heterocycles. The van der Waals surface area contributed by atoms with E-state index in [0.717, 1.165) is 30.4 Å². The fourth-order valence-electron chi connectivity index (χ4n) is 4.72. The van der Waals surface area contributed by atoms with Crippen molar-refractivity contribution < 1.29 is 22.0 Å². The predicted molar refractivity (Wildman–Crippen MR) is 132 cm³/mol. The molecule has 1 aliphatic rings. The maximum Gasteiger partial charge on any atom is 0.282 e. The van der Waals surface area contributed by atoms with E-state index in [1.807, 2.05) is 16.9 Å². The third-order valence-electron chi connectivity index (χ3n) is 6.55. The van der Waals surface area contributed by atoms with Gasteiger partial charge >= 0.3 is 0 Å². The van der Waals surface area contributed by atoms with Crippen LogP contribution in [0.2, 0.25) is 0 Å². The first kappa shape index (κ1) is 23.9. The quantitative estimate of drug-likeness (QED) is 0.406. The second-order valence-corrected chi connectivity index (χ2v) is 11.0. The summed E-state index contributed by atoms with van der Waals surface area (Å²) in [6, 6.07) is 11.9. The van der Waals surface area contributed by atoms with Crippen LogP contribution in [0.25, 0.3) is 22.0 Å². The number of aromatic nitrogens is 2. The number of carbonyl (C=O) groups excluding carboxylic acids is 1. The first-order valence-corrected chi connectivity index (χ1v) is 13.2. The van der Waals surface area contributed by atoms with Gasteiger partial charge in [-0.25, -0.2) is 21.9 Å². The van der Waals surface area contributed by atoms with Crippen LogP contribution in [-0.2, 0) is 16.6 Å². The fraction of sp³-hybridized carbons (Fsp3) is 0.231. The normalized spacial score (nSPS) is 17.3. The van der Waals surface area contributed by atoms with Crippen LogP contribution in [0.4, 0.5) is 8.78 Å². The van der Waals surface area contributed by atoms with Gasteiger partial charge in [0.1, 0.15) is 17.3 Å². The molecule has 2 N–H and O–H groups in total. The van der Waals surface area contributed by atoms with Gasteiger partial charge < -0.3 is 9.55 Å². The Morgan fingerprint density at radius 3 is 2.56 bits per heavy atom. The number of aromatic amines is 1.